The maximum atomic E-state index is 12.4. The summed E-state index contributed by atoms with van der Waals surface area (Å²) in [6.45, 7) is 4.14. The molecule has 4 heteroatoms. The van der Waals surface area contributed by atoms with Crippen molar-refractivity contribution < 1.29 is 15.0 Å². The fraction of sp³-hybridized carbons (Fsp3) is 0.694. The maximum Gasteiger partial charge on any atom is 0.220 e. The van der Waals surface area contributed by atoms with E-state index in [0.717, 1.165) is 77.0 Å². The monoisotopic (exact) mass is 914 g/mol. The molecule has 4 nitrogen and oxygen atoms in total. The van der Waals surface area contributed by atoms with Crippen LogP contribution >= 0.6 is 0 Å². The zero-order valence-corrected chi connectivity index (χ0v) is 43.4. The molecule has 66 heavy (non-hydrogen) atoms. The van der Waals surface area contributed by atoms with Gasteiger partial charge in [-0.05, 0) is 96.3 Å². The summed E-state index contributed by atoms with van der Waals surface area (Å²) < 4.78 is 0. The van der Waals surface area contributed by atoms with Crippen molar-refractivity contribution in [3.8, 4) is 0 Å². The first-order valence-corrected chi connectivity index (χ1v) is 28.1. The Hall–Kier alpha value is -2.95. The molecule has 0 rings (SSSR count). The van der Waals surface area contributed by atoms with Gasteiger partial charge in [-0.25, -0.2) is 0 Å². The quantitative estimate of drug-likeness (QED) is 0.0421. The Kier molecular flexibility index (Phi) is 53.9. The number of aliphatic hydroxyl groups excluding tert-OH is 2. The number of amides is 1. The molecule has 0 saturated carbocycles. The SMILES string of the molecule is CC/C=C\C/C=C\C/C=C\C/C=C\C/C=C\C/C=C\CCCCCCCCCCCCCCCCCCCCCCCCC(=O)NC(CO)C(O)/C=C/CC/C=C/CC/C=C/CCCCC. The number of hydrogen-bond acceptors (Lipinski definition) is 3. The van der Waals surface area contributed by atoms with Gasteiger partial charge in [0.05, 0.1) is 18.8 Å². The molecule has 0 aliphatic heterocycles. The largest absolute Gasteiger partial charge is 0.394 e. The fourth-order valence-electron chi connectivity index (χ4n) is 7.98. The van der Waals surface area contributed by atoms with Crippen LogP contribution in [0.2, 0.25) is 0 Å². The first-order valence-electron chi connectivity index (χ1n) is 28.1. The highest BCUT2D eigenvalue weighted by Crippen LogP contribution is 2.16. The van der Waals surface area contributed by atoms with Crippen molar-refractivity contribution in [1.29, 1.82) is 0 Å². The van der Waals surface area contributed by atoms with Gasteiger partial charge < -0.3 is 15.5 Å². The third-order valence-corrected chi connectivity index (χ3v) is 12.2. The average molecular weight is 915 g/mol. The van der Waals surface area contributed by atoms with Crippen LogP contribution in [0, 0.1) is 0 Å². The molecule has 0 saturated heterocycles. The highest BCUT2D eigenvalue weighted by Gasteiger charge is 2.17. The predicted octanol–water partition coefficient (Wildman–Crippen LogP) is 18.7. The molecule has 0 aromatic heterocycles. The van der Waals surface area contributed by atoms with Crippen LogP contribution in [-0.4, -0.2) is 34.9 Å². The van der Waals surface area contributed by atoms with Gasteiger partial charge in [-0.15, -0.1) is 0 Å². The van der Waals surface area contributed by atoms with Crippen LogP contribution in [0.5, 0.6) is 0 Å². The van der Waals surface area contributed by atoms with Gasteiger partial charge in [0.2, 0.25) is 5.91 Å². The summed E-state index contributed by atoms with van der Waals surface area (Å²) in [4.78, 5) is 12.4. The number of allylic oxidation sites excluding steroid dienone is 17. The van der Waals surface area contributed by atoms with E-state index in [1.54, 1.807) is 6.08 Å². The molecule has 1 amide bonds. The van der Waals surface area contributed by atoms with E-state index in [2.05, 4.69) is 116 Å². The number of nitrogens with one attached hydrogen (secondary N) is 1. The van der Waals surface area contributed by atoms with E-state index < -0.39 is 12.1 Å². The molecule has 2 unspecified atom stereocenters. The number of aliphatic hydroxyl groups is 2. The van der Waals surface area contributed by atoms with Gasteiger partial charge in [-0.3, -0.25) is 4.79 Å². The second kappa shape index (κ2) is 56.4. The van der Waals surface area contributed by atoms with Crippen LogP contribution in [0.15, 0.2) is 109 Å². The molecular formula is C62H107NO3. The summed E-state index contributed by atoms with van der Waals surface area (Å²) in [6, 6.07) is -0.648. The third-order valence-electron chi connectivity index (χ3n) is 12.2. The highest BCUT2D eigenvalue weighted by atomic mass is 16.3. The van der Waals surface area contributed by atoms with Crippen LogP contribution in [0.1, 0.15) is 258 Å². The Morgan fingerprint density at radius 2 is 0.682 bits per heavy atom. The Labute approximate surface area is 410 Å². The summed E-state index contributed by atoms with van der Waals surface area (Å²) in [5.74, 6) is -0.0791. The number of carbonyl (C=O) groups excluding carboxylic acids is 1. The van der Waals surface area contributed by atoms with Gasteiger partial charge >= 0.3 is 0 Å². The summed E-state index contributed by atoms with van der Waals surface area (Å²) in [6.07, 6.45) is 85.5. The summed E-state index contributed by atoms with van der Waals surface area (Å²) in [5, 5.41) is 23.0. The van der Waals surface area contributed by atoms with E-state index in [1.807, 2.05) is 6.08 Å². The number of carbonyl (C=O) groups is 1. The Balaban J connectivity index is 3.46. The molecular weight excluding hydrogens is 807 g/mol. The van der Waals surface area contributed by atoms with Gasteiger partial charge in [0, 0.05) is 6.42 Å². The topological polar surface area (TPSA) is 69.6 Å². The average Bonchev–Trinajstić information content (AvgIpc) is 3.32. The van der Waals surface area contributed by atoms with Gasteiger partial charge in [0.15, 0.2) is 0 Å². The number of hydrogen-bond donors (Lipinski definition) is 3. The lowest BCUT2D eigenvalue weighted by Gasteiger charge is -2.19. The van der Waals surface area contributed by atoms with E-state index in [1.165, 1.54) is 161 Å². The molecule has 0 fully saturated rings. The van der Waals surface area contributed by atoms with E-state index in [9.17, 15) is 15.0 Å². The highest BCUT2D eigenvalue weighted by molar-refractivity contribution is 5.76. The lowest BCUT2D eigenvalue weighted by molar-refractivity contribution is -0.123. The molecule has 0 radical (unpaired) electrons. The molecule has 0 bridgehead atoms. The Morgan fingerprint density at radius 1 is 0.379 bits per heavy atom. The van der Waals surface area contributed by atoms with Crippen molar-refractivity contribution in [1.82, 2.24) is 5.32 Å². The smallest absolute Gasteiger partial charge is 0.220 e. The van der Waals surface area contributed by atoms with Gasteiger partial charge in [0.25, 0.3) is 0 Å². The summed E-state index contributed by atoms with van der Waals surface area (Å²) in [7, 11) is 0. The lowest BCUT2D eigenvalue weighted by Crippen LogP contribution is -2.45. The van der Waals surface area contributed by atoms with Crippen molar-refractivity contribution in [3.05, 3.63) is 109 Å². The molecule has 0 aromatic carbocycles. The number of rotatable bonds is 50. The van der Waals surface area contributed by atoms with Gasteiger partial charge in [-0.1, -0.05) is 264 Å². The van der Waals surface area contributed by atoms with Crippen LogP contribution in [0.25, 0.3) is 0 Å². The van der Waals surface area contributed by atoms with E-state index in [4.69, 9.17) is 0 Å². The predicted molar refractivity (Wildman–Crippen MR) is 294 cm³/mol. The molecule has 0 heterocycles. The minimum absolute atomic E-state index is 0.0791. The van der Waals surface area contributed by atoms with E-state index in [0.29, 0.717) is 6.42 Å². The standard InChI is InChI=1S/C62H107NO3/c1-3-5-7-9-11-13-15-17-18-19-20-21-22-23-24-25-26-27-28-29-30-31-32-33-34-35-36-37-38-39-40-41-42-43-44-46-48-50-52-54-56-58-62(66)63-60(59-64)61(65)57-55-53-51-49-47-45-16-14-12-10-8-6-4-2/h5,7,11-14,17-18,20-21,23-24,26-27,47,49,55,57,60-61,64-65H,3-4,6,8-10,15-16,19,22,25,28-46,48,50-54,56,58-59H2,1-2H3,(H,63,66)/b7-5-,13-11-,14-12+,18-17-,21-20-,24-23-,27-26-,49-47+,57-55+. The maximum absolute atomic E-state index is 12.4. The van der Waals surface area contributed by atoms with Crippen molar-refractivity contribution in [2.75, 3.05) is 6.61 Å². The van der Waals surface area contributed by atoms with Crippen molar-refractivity contribution in [3.63, 3.8) is 0 Å². The van der Waals surface area contributed by atoms with Crippen molar-refractivity contribution in [2.45, 2.75) is 270 Å². The normalized spacial score (nSPS) is 13.7. The third kappa shape index (κ3) is 52.0. The molecule has 0 spiro atoms. The van der Waals surface area contributed by atoms with Crippen LogP contribution < -0.4 is 5.32 Å². The van der Waals surface area contributed by atoms with Gasteiger partial charge in [0.1, 0.15) is 0 Å². The van der Waals surface area contributed by atoms with Gasteiger partial charge in [-0.2, -0.15) is 0 Å². The second-order valence-electron chi connectivity index (χ2n) is 18.6. The molecule has 3 N–H and O–H groups in total. The molecule has 378 valence electrons. The van der Waals surface area contributed by atoms with Crippen LogP contribution in [0.3, 0.4) is 0 Å². The minimum Gasteiger partial charge on any atom is -0.394 e. The van der Waals surface area contributed by atoms with Crippen molar-refractivity contribution in [2.24, 2.45) is 0 Å². The summed E-state index contributed by atoms with van der Waals surface area (Å²) >= 11 is 0. The lowest BCUT2D eigenvalue weighted by atomic mass is 10.0. The molecule has 0 aromatic rings. The first-order chi connectivity index (χ1) is 32.7. The Bertz CT molecular complexity index is 1270. The van der Waals surface area contributed by atoms with E-state index in [-0.39, 0.29) is 12.5 Å². The zero-order valence-electron chi connectivity index (χ0n) is 43.4. The zero-order chi connectivity index (χ0) is 47.7. The second-order valence-corrected chi connectivity index (χ2v) is 18.6. The minimum atomic E-state index is -0.872. The molecule has 0 aliphatic carbocycles. The Morgan fingerprint density at radius 3 is 1.06 bits per heavy atom. The van der Waals surface area contributed by atoms with Crippen LogP contribution in [0.4, 0.5) is 0 Å². The number of unbranched alkanes of at least 4 members (excludes halogenated alkanes) is 27. The molecule has 2 atom stereocenters. The summed E-state index contributed by atoms with van der Waals surface area (Å²) in [5.41, 5.74) is 0. The fourth-order valence-corrected chi connectivity index (χ4v) is 7.98. The van der Waals surface area contributed by atoms with E-state index >= 15 is 0 Å². The van der Waals surface area contributed by atoms with Crippen molar-refractivity contribution >= 4 is 5.91 Å². The first kappa shape index (κ1) is 63.1. The van der Waals surface area contributed by atoms with Crippen LogP contribution in [-0.2, 0) is 4.79 Å². The molecule has 0 aliphatic rings.